The Bertz CT molecular complexity index is 730. The van der Waals surface area contributed by atoms with Crippen molar-refractivity contribution in [1.82, 2.24) is 5.32 Å². The maximum atomic E-state index is 13.6. The van der Waals surface area contributed by atoms with Crippen LogP contribution in [0.2, 0.25) is 0 Å². The molecule has 4 nitrogen and oxygen atoms in total. The maximum absolute atomic E-state index is 13.6. The van der Waals surface area contributed by atoms with Gasteiger partial charge in [-0.1, -0.05) is 18.2 Å². The molecule has 0 aliphatic rings. The lowest BCUT2D eigenvalue weighted by Crippen LogP contribution is -2.46. The van der Waals surface area contributed by atoms with Gasteiger partial charge in [-0.15, -0.1) is 0 Å². The van der Waals surface area contributed by atoms with Gasteiger partial charge < -0.3 is 11.1 Å². The van der Waals surface area contributed by atoms with E-state index in [1.165, 1.54) is 18.2 Å². The fraction of sp³-hybridized carbons (Fsp3) is 0.125. The van der Waals surface area contributed by atoms with Gasteiger partial charge in [-0.25, -0.2) is 13.2 Å². The number of rotatable bonds is 5. The number of hydrogen-bond donors (Lipinski definition) is 2. The first-order valence-electron chi connectivity index (χ1n) is 6.66. The molecular formula is C16H13F3N2O2. The number of hydrogen-bond acceptors (Lipinski definition) is 2. The SMILES string of the molecule is NC(=O)[C@H](Cc1ccccc1F)NC(=O)c1cc(F)cc(F)c1. The summed E-state index contributed by atoms with van der Waals surface area (Å²) in [6, 6.07) is 6.73. The summed E-state index contributed by atoms with van der Waals surface area (Å²) in [6.07, 6.45) is -0.175. The molecule has 2 amide bonds. The molecule has 0 saturated heterocycles. The predicted molar refractivity (Wildman–Crippen MR) is 76.9 cm³/mol. The summed E-state index contributed by atoms with van der Waals surface area (Å²) in [5, 5.41) is 2.25. The standard InChI is InChI=1S/C16H13F3N2O2/c17-11-5-10(6-12(18)8-11)16(23)21-14(15(20)22)7-9-3-1-2-4-13(9)19/h1-6,8,14H,7H2,(H2,20,22)(H,21,23)/t14-/m0/s1. The molecule has 23 heavy (non-hydrogen) atoms. The highest BCUT2D eigenvalue weighted by atomic mass is 19.1. The minimum absolute atomic E-state index is 0.175. The number of primary amides is 1. The van der Waals surface area contributed by atoms with Crippen LogP contribution in [0.4, 0.5) is 13.2 Å². The fourth-order valence-corrected chi connectivity index (χ4v) is 2.03. The van der Waals surface area contributed by atoms with Crippen molar-refractivity contribution in [2.75, 3.05) is 0 Å². The molecule has 0 unspecified atom stereocenters. The molecule has 0 bridgehead atoms. The summed E-state index contributed by atoms with van der Waals surface area (Å²) in [5.41, 5.74) is 5.08. The van der Waals surface area contributed by atoms with Crippen LogP contribution >= 0.6 is 0 Å². The van der Waals surface area contributed by atoms with E-state index in [0.717, 1.165) is 12.1 Å². The monoisotopic (exact) mass is 322 g/mol. The number of carbonyl (C=O) groups excluding carboxylic acids is 2. The third-order valence-electron chi connectivity index (χ3n) is 3.16. The lowest BCUT2D eigenvalue weighted by Gasteiger charge is -2.16. The van der Waals surface area contributed by atoms with E-state index in [0.29, 0.717) is 6.07 Å². The largest absolute Gasteiger partial charge is 0.368 e. The van der Waals surface area contributed by atoms with Gasteiger partial charge in [0.05, 0.1) is 0 Å². The van der Waals surface area contributed by atoms with Crippen molar-refractivity contribution in [3.05, 3.63) is 71.0 Å². The zero-order chi connectivity index (χ0) is 17.0. The second-order valence-corrected chi connectivity index (χ2v) is 4.88. The molecule has 0 heterocycles. The first kappa shape index (κ1) is 16.5. The average molecular weight is 322 g/mol. The van der Waals surface area contributed by atoms with Crippen LogP contribution in [0.1, 0.15) is 15.9 Å². The zero-order valence-electron chi connectivity index (χ0n) is 11.9. The second kappa shape index (κ2) is 6.95. The fourth-order valence-electron chi connectivity index (χ4n) is 2.03. The van der Waals surface area contributed by atoms with E-state index in [9.17, 15) is 22.8 Å². The third-order valence-corrected chi connectivity index (χ3v) is 3.16. The van der Waals surface area contributed by atoms with Gasteiger partial charge in [-0.2, -0.15) is 0 Å². The Hall–Kier alpha value is -2.83. The summed E-state index contributed by atoms with van der Waals surface area (Å²) < 4.78 is 39.9. The Morgan fingerprint density at radius 3 is 2.22 bits per heavy atom. The molecule has 0 radical (unpaired) electrons. The Kier molecular flexibility index (Phi) is 5.00. The first-order chi connectivity index (χ1) is 10.9. The molecule has 7 heteroatoms. The van der Waals surface area contributed by atoms with Crippen LogP contribution in [0.5, 0.6) is 0 Å². The van der Waals surface area contributed by atoms with Crippen molar-refractivity contribution in [1.29, 1.82) is 0 Å². The van der Waals surface area contributed by atoms with Crippen LogP contribution in [0.3, 0.4) is 0 Å². The van der Waals surface area contributed by atoms with Crippen LogP contribution in [-0.4, -0.2) is 17.9 Å². The zero-order valence-corrected chi connectivity index (χ0v) is 11.9. The lowest BCUT2D eigenvalue weighted by molar-refractivity contribution is -0.119. The number of nitrogens with two attached hydrogens (primary N) is 1. The molecule has 120 valence electrons. The van der Waals surface area contributed by atoms with Crippen molar-refractivity contribution in [2.45, 2.75) is 12.5 Å². The first-order valence-corrected chi connectivity index (χ1v) is 6.66. The molecule has 0 spiro atoms. The van der Waals surface area contributed by atoms with Gasteiger partial charge in [-0.05, 0) is 23.8 Å². The van der Waals surface area contributed by atoms with Crippen molar-refractivity contribution < 1.29 is 22.8 Å². The van der Waals surface area contributed by atoms with Crippen molar-refractivity contribution >= 4 is 11.8 Å². The van der Waals surface area contributed by atoms with Gasteiger partial charge >= 0.3 is 0 Å². The molecule has 2 aromatic carbocycles. The molecule has 2 rings (SSSR count). The van der Waals surface area contributed by atoms with E-state index in [4.69, 9.17) is 5.73 Å². The summed E-state index contributed by atoms with van der Waals surface area (Å²) in [4.78, 5) is 23.4. The summed E-state index contributed by atoms with van der Waals surface area (Å²) >= 11 is 0. The summed E-state index contributed by atoms with van der Waals surface area (Å²) in [6.45, 7) is 0. The Morgan fingerprint density at radius 2 is 1.65 bits per heavy atom. The van der Waals surface area contributed by atoms with E-state index in [2.05, 4.69) is 5.32 Å². The molecular weight excluding hydrogens is 309 g/mol. The van der Waals surface area contributed by atoms with Crippen molar-refractivity contribution in [3.63, 3.8) is 0 Å². The number of amides is 2. The van der Waals surface area contributed by atoms with Gasteiger partial charge in [0, 0.05) is 18.1 Å². The molecule has 0 aromatic heterocycles. The van der Waals surface area contributed by atoms with Gasteiger partial charge in [0.2, 0.25) is 5.91 Å². The molecule has 0 aliphatic heterocycles. The van der Waals surface area contributed by atoms with E-state index >= 15 is 0 Å². The Labute approximate surface area is 130 Å². The number of halogens is 3. The molecule has 3 N–H and O–H groups in total. The highest BCUT2D eigenvalue weighted by molar-refractivity contribution is 5.97. The summed E-state index contributed by atoms with van der Waals surface area (Å²) in [5.74, 6) is -4.19. The second-order valence-electron chi connectivity index (χ2n) is 4.88. The van der Waals surface area contributed by atoms with Crippen LogP contribution in [0, 0.1) is 17.5 Å². The third kappa shape index (κ3) is 4.32. The Morgan fingerprint density at radius 1 is 1.04 bits per heavy atom. The van der Waals surface area contributed by atoms with Crippen molar-refractivity contribution in [2.24, 2.45) is 5.73 Å². The van der Waals surface area contributed by atoms with E-state index in [1.807, 2.05) is 0 Å². The molecule has 2 aromatic rings. The topological polar surface area (TPSA) is 72.2 Å². The molecule has 0 saturated carbocycles. The van der Waals surface area contributed by atoms with Crippen LogP contribution < -0.4 is 11.1 Å². The number of nitrogens with one attached hydrogen (secondary N) is 1. The van der Waals surface area contributed by atoms with Gasteiger partial charge in [-0.3, -0.25) is 9.59 Å². The minimum Gasteiger partial charge on any atom is -0.368 e. The molecule has 0 fully saturated rings. The van der Waals surface area contributed by atoms with Gasteiger partial charge in [0.25, 0.3) is 5.91 Å². The van der Waals surface area contributed by atoms with Crippen LogP contribution in [-0.2, 0) is 11.2 Å². The Balaban J connectivity index is 2.18. The van der Waals surface area contributed by atoms with E-state index < -0.39 is 35.3 Å². The normalized spacial score (nSPS) is 11.8. The molecule has 0 aliphatic carbocycles. The number of carbonyl (C=O) groups is 2. The highest BCUT2D eigenvalue weighted by Crippen LogP contribution is 2.11. The van der Waals surface area contributed by atoms with Gasteiger partial charge in [0.15, 0.2) is 0 Å². The quantitative estimate of drug-likeness (QED) is 0.883. The minimum atomic E-state index is -1.22. The lowest BCUT2D eigenvalue weighted by atomic mass is 10.0. The van der Waals surface area contributed by atoms with E-state index in [-0.39, 0.29) is 17.5 Å². The molecule has 1 atom stereocenters. The predicted octanol–water partition coefficient (Wildman–Crippen LogP) is 1.93. The maximum Gasteiger partial charge on any atom is 0.252 e. The average Bonchev–Trinajstić information content (AvgIpc) is 2.47. The number of benzene rings is 2. The van der Waals surface area contributed by atoms with Crippen LogP contribution in [0.25, 0.3) is 0 Å². The van der Waals surface area contributed by atoms with E-state index in [1.54, 1.807) is 6.07 Å². The highest BCUT2D eigenvalue weighted by Gasteiger charge is 2.21. The van der Waals surface area contributed by atoms with Crippen molar-refractivity contribution in [3.8, 4) is 0 Å². The van der Waals surface area contributed by atoms with Crippen LogP contribution in [0.15, 0.2) is 42.5 Å². The smallest absolute Gasteiger partial charge is 0.252 e. The summed E-state index contributed by atoms with van der Waals surface area (Å²) in [7, 11) is 0. The van der Waals surface area contributed by atoms with Gasteiger partial charge in [0.1, 0.15) is 23.5 Å².